The zero-order valence-electron chi connectivity index (χ0n) is 9.77. The van der Waals surface area contributed by atoms with Crippen LogP contribution in [0.4, 0.5) is 5.69 Å². The lowest BCUT2D eigenvalue weighted by Crippen LogP contribution is -2.24. The molecule has 5 heteroatoms. The van der Waals surface area contributed by atoms with Crippen LogP contribution in [0.25, 0.3) is 0 Å². The molecule has 1 aromatic carbocycles. The summed E-state index contributed by atoms with van der Waals surface area (Å²) in [6.45, 7) is 3.38. The van der Waals surface area contributed by atoms with E-state index in [9.17, 15) is 9.59 Å². The molecule has 92 valence electrons. The summed E-state index contributed by atoms with van der Waals surface area (Å²) in [5.74, 6) is -0.966. The minimum Gasteiger partial charge on any atom is -0.462 e. The number of anilines is 1. The Kier molecular flexibility index (Phi) is 4.66. The molecule has 17 heavy (non-hydrogen) atoms. The van der Waals surface area contributed by atoms with Crippen LogP contribution in [-0.4, -0.2) is 29.7 Å². The van der Waals surface area contributed by atoms with E-state index >= 15 is 0 Å². The summed E-state index contributed by atoms with van der Waals surface area (Å²) in [7, 11) is 0. The fourth-order valence-electron chi connectivity index (χ4n) is 1.19. The second-order valence-electron chi connectivity index (χ2n) is 3.47. The van der Waals surface area contributed by atoms with E-state index in [2.05, 4.69) is 5.32 Å². The maximum atomic E-state index is 11.4. The first-order chi connectivity index (χ1) is 8.04. The fraction of sp³-hybridized carbons (Fsp3) is 0.333. The molecule has 0 aliphatic rings. The van der Waals surface area contributed by atoms with Crippen LogP contribution in [0.1, 0.15) is 24.2 Å². The third kappa shape index (κ3) is 3.88. The second kappa shape index (κ2) is 6.00. The molecule has 1 aromatic rings. The summed E-state index contributed by atoms with van der Waals surface area (Å²) in [5.41, 5.74) is 0.802. The molecule has 0 aromatic heterocycles. The average Bonchev–Trinajstić information content (AvgIpc) is 2.29. The SMILES string of the molecule is CCOC(=O)c1cccc(NC(=O)[C@@H](C)O)c1. The predicted molar refractivity (Wildman–Crippen MR) is 62.7 cm³/mol. The van der Waals surface area contributed by atoms with Gasteiger partial charge in [-0.15, -0.1) is 0 Å². The zero-order chi connectivity index (χ0) is 12.8. The van der Waals surface area contributed by atoms with Gasteiger partial charge in [-0.2, -0.15) is 0 Å². The Balaban J connectivity index is 2.79. The number of carbonyl (C=O) groups is 2. The number of hydrogen-bond acceptors (Lipinski definition) is 4. The number of nitrogens with one attached hydrogen (secondary N) is 1. The van der Waals surface area contributed by atoms with Crippen molar-refractivity contribution in [3.05, 3.63) is 29.8 Å². The third-order valence-electron chi connectivity index (χ3n) is 2.02. The van der Waals surface area contributed by atoms with Crippen LogP contribution in [0, 0.1) is 0 Å². The van der Waals surface area contributed by atoms with Crippen LogP contribution in [0.2, 0.25) is 0 Å². The first-order valence-corrected chi connectivity index (χ1v) is 5.30. The number of amides is 1. The molecule has 1 rings (SSSR count). The van der Waals surface area contributed by atoms with Gasteiger partial charge in [0.1, 0.15) is 6.10 Å². The highest BCUT2D eigenvalue weighted by Crippen LogP contribution is 2.12. The summed E-state index contributed by atoms with van der Waals surface area (Å²) in [6, 6.07) is 6.35. The minimum atomic E-state index is -1.10. The molecular formula is C12H15NO4. The molecule has 0 fully saturated rings. The van der Waals surface area contributed by atoms with E-state index in [0.717, 1.165) is 0 Å². The smallest absolute Gasteiger partial charge is 0.338 e. The standard InChI is InChI=1S/C12H15NO4/c1-3-17-12(16)9-5-4-6-10(7-9)13-11(15)8(2)14/h4-8,14H,3H2,1-2H3,(H,13,15)/t8-/m1/s1. The molecule has 0 aliphatic heterocycles. The number of benzene rings is 1. The molecule has 0 heterocycles. The van der Waals surface area contributed by atoms with Gasteiger partial charge in [0.15, 0.2) is 0 Å². The van der Waals surface area contributed by atoms with Gasteiger partial charge in [0.2, 0.25) is 0 Å². The van der Waals surface area contributed by atoms with Crippen LogP contribution >= 0.6 is 0 Å². The molecule has 2 N–H and O–H groups in total. The molecule has 0 saturated carbocycles. The van der Waals surface area contributed by atoms with E-state index in [4.69, 9.17) is 9.84 Å². The van der Waals surface area contributed by atoms with Gasteiger partial charge in [0.25, 0.3) is 5.91 Å². The van der Waals surface area contributed by atoms with Crippen LogP contribution in [0.5, 0.6) is 0 Å². The van der Waals surface area contributed by atoms with E-state index < -0.39 is 18.0 Å². The molecule has 0 saturated heterocycles. The number of aliphatic hydroxyl groups excluding tert-OH is 1. The van der Waals surface area contributed by atoms with Gasteiger partial charge in [-0.05, 0) is 32.0 Å². The van der Waals surface area contributed by atoms with Crippen LogP contribution in [0.3, 0.4) is 0 Å². The number of hydrogen-bond donors (Lipinski definition) is 2. The Bertz CT molecular complexity index is 415. The fourth-order valence-corrected chi connectivity index (χ4v) is 1.19. The Morgan fingerprint density at radius 1 is 1.47 bits per heavy atom. The number of carbonyl (C=O) groups excluding carboxylic acids is 2. The maximum absolute atomic E-state index is 11.4. The lowest BCUT2D eigenvalue weighted by Gasteiger charge is -2.08. The van der Waals surface area contributed by atoms with Crippen LogP contribution < -0.4 is 5.32 Å². The van der Waals surface area contributed by atoms with Gasteiger partial charge in [0.05, 0.1) is 12.2 Å². The third-order valence-corrected chi connectivity index (χ3v) is 2.02. The quantitative estimate of drug-likeness (QED) is 0.771. The molecular weight excluding hydrogens is 222 g/mol. The number of esters is 1. The highest BCUT2D eigenvalue weighted by Gasteiger charge is 2.11. The Morgan fingerprint density at radius 3 is 2.76 bits per heavy atom. The van der Waals surface area contributed by atoms with Crippen molar-refractivity contribution >= 4 is 17.6 Å². The van der Waals surface area contributed by atoms with Crippen LogP contribution in [-0.2, 0) is 9.53 Å². The van der Waals surface area contributed by atoms with Gasteiger partial charge < -0.3 is 15.2 Å². The summed E-state index contributed by atoms with van der Waals surface area (Å²) in [6.07, 6.45) is -1.10. The van der Waals surface area contributed by atoms with Gasteiger partial charge in [0, 0.05) is 5.69 Å². The zero-order valence-corrected chi connectivity index (χ0v) is 9.77. The Labute approximate surface area is 99.4 Å². The Morgan fingerprint density at radius 2 is 2.18 bits per heavy atom. The lowest BCUT2D eigenvalue weighted by molar-refractivity contribution is -0.123. The first kappa shape index (κ1) is 13.2. The topological polar surface area (TPSA) is 75.6 Å². The van der Waals surface area contributed by atoms with Crippen molar-refractivity contribution in [3.8, 4) is 0 Å². The highest BCUT2D eigenvalue weighted by molar-refractivity contribution is 5.96. The summed E-state index contributed by atoms with van der Waals surface area (Å²) in [4.78, 5) is 22.7. The van der Waals surface area contributed by atoms with Crippen molar-refractivity contribution in [2.45, 2.75) is 20.0 Å². The van der Waals surface area contributed by atoms with E-state index in [0.29, 0.717) is 17.9 Å². The average molecular weight is 237 g/mol. The normalized spacial score (nSPS) is 11.7. The monoisotopic (exact) mass is 237 g/mol. The van der Waals surface area contributed by atoms with E-state index in [1.807, 2.05) is 0 Å². The van der Waals surface area contributed by atoms with Crippen molar-refractivity contribution in [2.24, 2.45) is 0 Å². The molecule has 1 atom stereocenters. The molecule has 0 unspecified atom stereocenters. The highest BCUT2D eigenvalue weighted by atomic mass is 16.5. The van der Waals surface area contributed by atoms with Crippen molar-refractivity contribution in [2.75, 3.05) is 11.9 Å². The van der Waals surface area contributed by atoms with Gasteiger partial charge in [-0.3, -0.25) is 4.79 Å². The van der Waals surface area contributed by atoms with E-state index in [-0.39, 0.29) is 0 Å². The summed E-state index contributed by atoms with van der Waals surface area (Å²) < 4.78 is 4.83. The van der Waals surface area contributed by atoms with E-state index in [1.54, 1.807) is 25.1 Å². The molecule has 0 aliphatic carbocycles. The van der Waals surface area contributed by atoms with Crippen molar-refractivity contribution in [1.29, 1.82) is 0 Å². The van der Waals surface area contributed by atoms with Crippen molar-refractivity contribution in [1.82, 2.24) is 0 Å². The van der Waals surface area contributed by atoms with E-state index in [1.165, 1.54) is 13.0 Å². The minimum absolute atomic E-state index is 0.295. The molecule has 1 amide bonds. The predicted octanol–water partition coefficient (Wildman–Crippen LogP) is 1.18. The summed E-state index contributed by atoms with van der Waals surface area (Å²) in [5, 5.41) is 11.5. The molecule has 0 spiro atoms. The van der Waals surface area contributed by atoms with Gasteiger partial charge in [-0.25, -0.2) is 4.79 Å². The van der Waals surface area contributed by atoms with Crippen LogP contribution in [0.15, 0.2) is 24.3 Å². The lowest BCUT2D eigenvalue weighted by atomic mass is 10.2. The van der Waals surface area contributed by atoms with Gasteiger partial charge in [-0.1, -0.05) is 6.07 Å². The van der Waals surface area contributed by atoms with Crippen molar-refractivity contribution in [3.63, 3.8) is 0 Å². The largest absolute Gasteiger partial charge is 0.462 e. The molecule has 5 nitrogen and oxygen atoms in total. The van der Waals surface area contributed by atoms with Gasteiger partial charge >= 0.3 is 5.97 Å². The number of aliphatic hydroxyl groups is 1. The molecule has 0 radical (unpaired) electrons. The number of ether oxygens (including phenoxy) is 1. The summed E-state index contributed by atoms with van der Waals surface area (Å²) >= 11 is 0. The molecule has 0 bridgehead atoms. The van der Waals surface area contributed by atoms with Crippen molar-refractivity contribution < 1.29 is 19.4 Å². The Hall–Kier alpha value is -1.88. The first-order valence-electron chi connectivity index (χ1n) is 5.30. The second-order valence-corrected chi connectivity index (χ2v) is 3.47. The maximum Gasteiger partial charge on any atom is 0.338 e. The number of rotatable bonds is 4.